The van der Waals surface area contributed by atoms with Crippen molar-refractivity contribution in [1.29, 1.82) is 0 Å². The normalized spacial score (nSPS) is 13.5. The minimum absolute atomic E-state index is 0.217. The summed E-state index contributed by atoms with van der Waals surface area (Å²) in [5.74, 6) is 0.217. The third-order valence-electron chi connectivity index (χ3n) is 5.35. The van der Waals surface area contributed by atoms with E-state index in [1.807, 2.05) is 0 Å². The molecule has 1 heterocycles. The average Bonchev–Trinajstić information content (AvgIpc) is 2.89. The summed E-state index contributed by atoms with van der Waals surface area (Å²) >= 11 is 0. The van der Waals surface area contributed by atoms with E-state index < -0.39 is 0 Å². The summed E-state index contributed by atoms with van der Waals surface area (Å²) in [6.45, 7) is 2.23. The van der Waals surface area contributed by atoms with Gasteiger partial charge in [-0.1, -0.05) is 78.9 Å². The second kappa shape index (κ2) is 5.49. The highest BCUT2D eigenvalue weighted by Crippen LogP contribution is 2.41. The Morgan fingerprint density at radius 1 is 0.680 bits per heavy atom. The fraction of sp³-hybridized carbons (Fsp3) is 0.0833. The second-order valence-corrected chi connectivity index (χ2v) is 6.73. The Morgan fingerprint density at radius 2 is 1.24 bits per heavy atom. The first-order valence-electron chi connectivity index (χ1n) is 8.76. The summed E-state index contributed by atoms with van der Waals surface area (Å²) in [4.78, 5) is 3.72. The van der Waals surface area contributed by atoms with Crippen molar-refractivity contribution in [2.24, 2.45) is 0 Å². The van der Waals surface area contributed by atoms with Crippen LogP contribution in [0.5, 0.6) is 0 Å². The monoisotopic (exact) mass is 321 g/mol. The van der Waals surface area contributed by atoms with Crippen molar-refractivity contribution in [2.45, 2.75) is 12.8 Å². The zero-order chi connectivity index (χ0) is 16.8. The van der Waals surface area contributed by atoms with Gasteiger partial charge in [-0.15, -0.1) is 0 Å². The second-order valence-electron chi connectivity index (χ2n) is 6.73. The molecule has 0 aliphatic heterocycles. The molecular weight excluding hydrogens is 302 g/mol. The van der Waals surface area contributed by atoms with E-state index >= 15 is 0 Å². The maximum absolute atomic E-state index is 3.72. The van der Waals surface area contributed by atoms with Crippen LogP contribution in [0.3, 0.4) is 0 Å². The molecule has 0 saturated carbocycles. The van der Waals surface area contributed by atoms with Crippen LogP contribution >= 0.6 is 0 Å². The Balaban J connectivity index is 1.85. The number of aromatic amines is 1. The Kier molecular flexibility index (Phi) is 3.14. The van der Waals surface area contributed by atoms with Gasteiger partial charge in [0.1, 0.15) is 0 Å². The first-order chi connectivity index (χ1) is 12.3. The molecule has 1 aromatic heterocycles. The number of hydrogen-bond acceptors (Lipinski definition) is 0. The lowest BCUT2D eigenvalue weighted by Gasteiger charge is -2.20. The molecule has 1 aliphatic carbocycles. The fourth-order valence-corrected chi connectivity index (χ4v) is 4.10. The lowest BCUT2D eigenvalue weighted by Crippen LogP contribution is -2.07. The topological polar surface area (TPSA) is 15.8 Å². The van der Waals surface area contributed by atoms with Crippen molar-refractivity contribution in [3.05, 3.63) is 106 Å². The minimum Gasteiger partial charge on any atom is -0.357 e. The number of nitrogens with one attached hydrogen (secondary N) is 1. The van der Waals surface area contributed by atoms with Gasteiger partial charge in [-0.25, -0.2) is 0 Å². The molecule has 0 amide bonds. The van der Waals surface area contributed by atoms with Crippen molar-refractivity contribution in [1.82, 2.24) is 4.98 Å². The molecule has 1 nitrogen and oxygen atoms in total. The van der Waals surface area contributed by atoms with E-state index in [9.17, 15) is 0 Å². The molecule has 4 aromatic rings. The molecule has 0 spiro atoms. The van der Waals surface area contributed by atoms with Crippen molar-refractivity contribution in [3.63, 3.8) is 0 Å². The lowest BCUT2D eigenvalue weighted by molar-refractivity contribution is 0.924. The van der Waals surface area contributed by atoms with Crippen LogP contribution < -0.4 is 0 Å². The number of fused-ring (bicyclic) bond motifs is 3. The van der Waals surface area contributed by atoms with Gasteiger partial charge in [-0.3, -0.25) is 0 Å². The molecule has 0 bridgehead atoms. The van der Waals surface area contributed by atoms with Gasteiger partial charge in [0, 0.05) is 16.6 Å². The van der Waals surface area contributed by atoms with Crippen molar-refractivity contribution >= 4 is 23.1 Å². The average molecular weight is 321 g/mol. The summed E-state index contributed by atoms with van der Waals surface area (Å²) in [7, 11) is 0. The molecule has 1 heteroatoms. The van der Waals surface area contributed by atoms with Crippen molar-refractivity contribution in [2.75, 3.05) is 0 Å². The largest absolute Gasteiger partial charge is 0.357 e. The highest BCUT2D eigenvalue weighted by molar-refractivity contribution is 5.86. The smallest absolute Gasteiger partial charge is 0.0505 e. The number of aromatic nitrogens is 1. The summed E-state index contributed by atoms with van der Waals surface area (Å²) in [5.41, 5.74) is 9.15. The summed E-state index contributed by atoms with van der Waals surface area (Å²) in [5, 5.41) is 1.31. The Bertz CT molecular complexity index is 1060. The summed E-state index contributed by atoms with van der Waals surface area (Å²) in [6.07, 6.45) is 4.48. The van der Waals surface area contributed by atoms with Crippen LogP contribution in [0, 0.1) is 6.92 Å². The highest BCUT2D eigenvalue weighted by atomic mass is 14.7. The van der Waals surface area contributed by atoms with Crippen molar-refractivity contribution < 1.29 is 0 Å². The molecule has 0 saturated heterocycles. The van der Waals surface area contributed by atoms with E-state index in [4.69, 9.17) is 0 Å². The van der Waals surface area contributed by atoms with Gasteiger partial charge >= 0.3 is 0 Å². The Hall–Kier alpha value is -3.06. The minimum atomic E-state index is 0.217. The van der Waals surface area contributed by atoms with Crippen LogP contribution in [0.25, 0.3) is 23.1 Å². The molecule has 120 valence electrons. The quantitative estimate of drug-likeness (QED) is 0.381. The predicted molar refractivity (Wildman–Crippen MR) is 106 cm³/mol. The van der Waals surface area contributed by atoms with Crippen LogP contribution in [0.2, 0.25) is 0 Å². The van der Waals surface area contributed by atoms with E-state index in [1.165, 1.54) is 44.4 Å². The van der Waals surface area contributed by atoms with Gasteiger partial charge in [0.2, 0.25) is 0 Å². The van der Waals surface area contributed by atoms with Crippen LogP contribution in [0.1, 0.15) is 39.4 Å². The van der Waals surface area contributed by atoms with Gasteiger partial charge in [0.25, 0.3) is 0 Å². The maximum Gasteiger partial charge on any atom is 0.0505 e. The van der Waals surface area contributed by atoms with Gasteiger partial charge in [0.15, 0.2) is 0 Å². The first-order valence-corrected chi connectivity index (χ1v) is 8.76. The molecule has 0 unspecified atom stereocenters. The standard InChI is InChI=1S/C24H19N/c1-16-19-10-6-7-13-22(19)25-24(16)23-20-11-4-2-8-17(20)14-15-18-9-3-5-12-21(18)23/h2-15,23,25H,1H3. The molecule has 25 heavy (non-hydrogen) atoms. The fourth-order valence-electron chi connectivity index (χ4n) is 4.10. The summed E-state index contributed by atoms with van der Waals surface area (Å²) in [6, 6.07) is 26.1. The molecule has 0 fully saturated rings. The van der Waals surface area contributed by atoms with Crippen LogP contribution in [0.15, 0.2) is 72.8 Å². The van der Waals surface area contributed by atoms with E-state index in [-0.39, 0.29) is 5.92 Å². The van der Waals surface area contributed by atoms with Gasteiger partial charge < -0.3 is 4.98 Å². The molecule has 0 radical (unpaired) electrons. The SMILES string of the molecule is Cc1c(C2c3ccccc3C=Cc3ccccc32)[nH]c2ccccc12. The third-order valence-corrected chi connectivity index (χ3v) is 5.35. The zero-order valence-corrected chi connectivity index (χ0v) is 14.2. The lowest BCUT2D eigenvalue weighted by atomic mass is 9.84. The number of rotatable bonds is 1. The highest BCUT2D eigenvalue weighted by Gasteiger charge is 2.26. The molecular formula is C24H19N. The number of aryl methyl sites for hydroxylation is 1. The van der Waals surface area contributed by atoms with Gasteiger partial charge in [-0.05, 0) is 40.8 Å². The van der Waals surface area contributed by atoms with Crippen LogP contribution in [0.4, 0.5) is 0 Å². The molecule has 1 N–H and O–H groups in total. The zero-order valence-electron chi connectivity index (χ0n) is 14.2. The number of hydrogen-bond donors (Lipinski definition) is 1. The summed E-state index contributed by atoms with van der Waals surface area (Å²) < 4.78 is 0. The van der Waals surface area contributed by atoms with Crippen LogP contribution in [-0.4, -0.2) is 4.98 Å². The van der Waals surface area contributed by atoms with Gasteiger partial charge in [0.05, 0.1) is 5.92 Å². The molecule has 5 rings (SSSR count). The van der Waals surface area contributed by atoms with Crippen LogP contribution in [-0.2, 0) is 0 Å². The van der Waals surface area contributed by atoms with Gasteiger partial charge in [-0.2, -0.15) is 0 Å². The maximum atomic E-state index is 3.72. The predicted octanol–water partition coefficient (Wildman–Crippen LogP) is 6.14. The molecule has 3 aromatic carbocycles. The number of benzene rings is 3. The number of H-pyrrole nitrogens is 1. The van der Waals surface area contributed by atoms with E-state index in [0.29, 0.717) is 0 Å². The van der Waals surface area contributed by atoms with E-state index in [2.05, 4.69) is 96.9 Å². The Labute approximate surface area is 147 Å². The number of para-hydroxylation sites is 1. The molecule has 0 atom stereocenters. The first kappa shape index (κ1) is 14.3. The van der Waals surface area contributed by atoms with E-state index in [0.717, 1.165) is 0 Å². The molecule has 1 aliphatic rings. The van der Waals surface area contributed by atoms with Crippen molar-refractivity contribution in [3.8, 4) is 0 Å². The Morgan fingerprint density at radius 3 is 1.88 bits per heavy atom. The third kappa shape index (κ3) is 2.16. The van der Waals surface area contributed by atoms with E-state index in [1.54, 1.807) is 0 Å².